The average Bonchev–Trinajstić information content (AvgIpc) is 3.02. The molecule has 0 unspecified atom stereocenters. The third-order valence-corrected chi connectivity index (χ3v) is 3.69. The van der Waals surface area contributed by atoms with Crippen LogP contribution in [0.15, 0.2) is 24.3 Å². The number of nitrogen functional groups attached to an aromatic ring is 1. The summed E-state index contributed by atoms with van der Waals surface area (Å²) in [4.78, 5) is 34.2. The summed E-state index contributed by atoms with van der Waals surface area (Å²) in [7, 11) is 0. The topological polar surface area (TPSA) is 137 Å². The number of nitrogens with zero attached hydrogens (tertiary/aromatic N) is 1. The van der Waals surface area contributed by atoms with Gasteiger partial charge in [0.25, 0.3) is 5.97 Å². The summed E-state index contributed by atoms with van der Waals surface area (Å²) < 4.78 is 0. The summed E-state index contributed by atoms with van der Waals surface area (Å²) in [6.45, 7) is 3.63. The van der Waals surface area contributed by atoms with E-state index >= 15 is 0 Å². The molecule has 1 heterocycles. The Morgan fingerprint density at radius 2 is 1.84 bits per heavy atom. The molecule has 136 valence electrons. The minimum Gasteiger partial charge on any atom is -0.481 e. The fourth-order valence-electron chi connectivity index (χ4n) is 2.53. The van der Waals surface area contributed by atoms with E-state index in [0.29, 0.717) is 25.1 Å². The van der Waals surface area contributed by atoms with Crippen LogP contribution >= 0.6 is 0 Å². The molecular formula is C17H24N4O4. The molecule has 8 nitrogen and oxygen atoms in total. The molecule has 1 aliphatic rings. The summed E-state index contributed by atoms with van der Waals surface area (Å²) in [5.74, 6) is -0.981. The van der Waals surface area contributed by atoms with Crippen LogP contribution in [-0.2, 0) is 20.9 Å². The van der Waals surface area contributed by atoms with Crippen molar-refractivity contribution in [3.8, 4) is 0 Å². The van der Waals surface area contributed by atoms with Gasteiger partial charge in [0.15, 0.2) is 0 Å². The number of carbonyl (C=O) groups excluding carboxylic acids is 2. The smallest absolute Gasteiger partial charge is 0.300 e. The molecule has 0 spiro atoms. The van der Waals surface area contributed by atoms with Gasteiger partial charge in [0, 0.05) is 32.5 Å². The molecule has 5 N–H and O–H groups in total. The molecule has 2 amide bonds. The molecule has 0 aliphatic carbocycles. The number of hydrogen-bond acceptors (Lipinski definition) is 4. The number of carboxylic acids is 1. The maximum atomic E-state index is 12.1. The second-order valence-corrected chi connectivity index (χ2v) is 5.72. The summed E-state index contributed by atoms with van der Waals surface area (Å²) >= 11 is 0. The van der Waals surface area contributed by atoms with Crippen LogP contribution in [0.1, 0.15) is 37.8 Å². The zero-order chi connectivity index (χ0) is 19.0. The van der Waals surface area contributed by atoms with Crippen molar-refractivity contribution in [3.63, 3.8) is 0 Å². The van der Waals surface area contributed by atoms with Crippen molar-refractivity contribution in [3.05, 3.63) is 35.4 Å². The number of amides is 2. The average molecular weight is 348 g/mol. The van der Waals surface area contributed by atoms with Gasteiger partial charge in [0.2, 0.25) is 11.8 Å². The molecule has 1 aromatic carbocycles. The number of aliphatic carboxylic acids is 1. The minimum absolute atomic E-state index is 0.0219. The quantitative estimate of drug-likeness (QED) is 0.469. The van der Waals surface area contributed by atoms with Crippen molar-refractivity contribution in [2.75, 3.05) is 6.54 Å². The number of amidine groups is 1. The van der Waals surface area contributed by atoms with E-state index in [1.165, 1.54) is 6.92 Å². The van der Waals surface area contributed by atoms with Gasteiger partial charge in [-0.15, -0.1) is 0 Å². The lowest BCUT2D eigenvalue weighted by molar-refractivity contribution is -0.136. The number of carboxylic acid groups (broad SMARTS) is 1. The monoisotopic (exact) mass is 348 g/mol. The van der Waals surface area contributed by atoms with Gasteiger partial charge in [-0.3, -0.25) is 19.8 Å². The molecule has 0 saturated carbocycles. The summed E-state index contributed by atoms with van der Waals surface area (Å²) in [6, 6.07) is 6.81. The van der Waals surface area contributed by atoms with E-state index in [0.717, 1.165) is 18.9 Å². The summed E-state index contributed by atoms with van der Waals surface area (Å²) in [6.07, 6.45) is 1.58. The molecule has 0 radical (unpaired) electrons. The summed E-state index contributed by atoms with van der Waals surface area (Å²) in [5.41, 5.74) is 6.98. The number of benzene rings is 1. The normalized spacial score (nSPS) is 15.8. The predicted molar refractivity (Wildman–Crippen MR) is 93.0 cm³/mol. The van der Waals surface area contributed by atoms with E-state index in [2.05, 4.69) is 5.32 Å². The van der Waals surface area contributed by atoms with Crippen molar-refractivity contribution >= 4 is 23.6 Å². The van der Waals surface area contributed by atoms with Gasteiger partial charge < -0.3 is 21.1 Å². The molecule has 1 aliphatic heterocycles. The van der Waals surface area contributed by atoms with E-state index in [1.807, 2.05) is 12.1 Å². The highest BCUT2D eigenvalue weighted by Gasteiger charge is 2.31. The van der Waals surface area contributed by atoms with E-state index < -0.39 is 5.97 Å². The minimum atomic E-state index is -0.833. The maximum absolute atomic E-state index is 12.1. The van der Waals surface area contributed by atoms with Crippen LogP contribution in [0.4, 0.5) is 0 Å². The van der Waals surface area contributed by atoms with Crippen LogP contribution in [-0.4, -0.2) is 46.2 Å². The second-order valence-electron chi connectivity index (χ2n) is 5.72. The highest BCUT2D eigenvalue weighted by Crippen LogP contribution is 2.17. The molecule has 2 rings (SSSR count). The van der Waals surface area contributed by atoms with Crippen LogP contribution in [0.2, 0.25) is 0 Å². The highest BCUT2D eigenvalue weighted by atomic mass is 16.4. The van der Waals surface area contributed by atoms with Crippen LogP contribution < -0.4 is 11.1 Å². The Kier molecular flexibility index (Phi) is 7.58. The van der Waals surface area contributed by atoms with Crippen molar-refractivity contribution in [1.29, 1.82) is 5.41 Å². The first-order valence-corrected chi connectivity index (χ1v) is 7.90. The van der Waals surface area contributed by atoms with Crippen molar-refractivity contribution in [1.82, 2.24) is 10.2 Å². The molecule has 8 heteroatoms. The number of nitrogens with one attached hydrogen (secondary N) is 2. The van der Waals surface area contributed by atoms with Crippen LogP contribution in [0.3, 0.4) is 0 Å². The van der Waals surface area contributed by atoms with Gasteiger partial charge in [-0.1, -0.05) is 24.3 Å². The number of likely N-dealkylation sites (tertiary alicyclic amines) is 1. The highest BCUT2D eigenvalue weighted by molar-refractivity contribution is 5.94. The Labute approximate surface area is 146 Å². The Morgan fingerprint density at radius 3 is 2.32 bits per heavy atom. The standard InChI is InChI=1S/C15H20N4O2.C2H4O2/c1-10(20)19-8-2-3-13(19)15(21)18-9-11-4-6-12(7-5-11)14(16)17;1-2(3)4/h4-7,13H,2-3,8-9H2,1H3,(H3,16,17)(H,18,21);1H3,(H,3,4)/t13-;/m0./s1. The van der Waals surface area contributed by atoms with Crippen LogP contribution in [0, 0.1) is 5.41 Å². The molecule has 1 aromatic rings. The number of hydrogen-bond donors (Lipinski definition) is 4. The Hall–Kier alpha value is -2.90. The van der Waals surface area contributed by atoms with Crippen molar-refractivity contribution < 1.29 is 19.5 Å². The molecule has 0 bridgehead atoms. The fourth-order valence-corrected chi connectivity index (χ4v) is 2.53. The lowest BCUT2D eigenvalue weighted by Gasteiger charge is -2.22. The largest absolute Gasteiger partial charge is 0.481 e. The third kappa shape index (κ3) is 6.62. The molecule has 1 saturated heterocycles. The second kappa shape index (κ2) is 9.41. The van der Waals surface area contributed by atoms with Gasteiger partial charge in [-0.25, -0.2) is 0 Å². The lowest BCUT2D eigenvalue weighted by Crippen LogP contribution is -2.44. The number of rotatable bonds is 4. The van der Waals surface area contributed by atoms with Crippen molar-refractivity contribution in [2.24, 2.45) is 5.73 Å². The predicted octanol–water partition coefficient (Wildman–Crippen LogP) is 0.689. The van der Waals surface area contributed by atoms with Gasteiger partial charge >= 0.3 is 0 Å². The van der Waals surface area contributed by atoms with Gasteiger partial charge in [-0.05, 0) is 18.4 Å². The summed E-state index contributed by atoms with van der Waals surface area (Å²) in [5, 5.41) is 17.6. The van der Waals surface area contributed by atoms with Crippen molar-refractivity contribution in [2.45, 2.75) is 39.3 Å². The molecule has 0 aromatic heterocycles. The number of nitrogens with two attached hydrogens (primary N) is 1. The zero-order valence-corrected chi connectivity index (χ0v) is 14.4. The molecule has 1 fully saturated rings. The van der Waals surface area contributed by atoms with Gasteiger partial charge in [0.1, 0.15) is 11.9 Å². The first-order chi connectivity index (χ1) is 11.7. The van der Waals surface area contributed by atoms with Crippen LogP contribution in [0.5, 0.6) is 0 Å². The van der Waals surface area contributed by atoms with E-state index in [1.54, 1.807) is 17.0 Å². The van der Waals surface area contributed by atoms with Gasteiger partial charge in [-0.2, -0.15) is 0 Å². The van der Waals surface area contributed by atoms with Crippen LogP contribution in [0.25, 0.3) is 0 Å². The van der Waals surface area contributed by atoms with Gasteiger partial charge in [0.05, 0.1) is 0 Å². The number of carbonyl (C=O) groups is 3. The van der Waals surface area contributed by atoms with E-state index in [-0.39, 0.29) is 23.7 Å². The first-order valence-electron chi connectivity index (χ1n) is 7.90. The molecule has 1 atom stereocenters. The molecule has 25 heavy (non-hydrogen) atoms. The van der Waals surface area contributed by atoms with E-state index in [9.17, 15) is 9.59 Å². The van der Waals surface area contributed by atoms with E-state index in [4.69, 9.17) is 21.0 Å². The Balaban J connectivity index is 0.000000705. The lowest BCUT2D eigenvalue weighted by atomic mass is 10.1. The Morgan fingerprint density at radius 1 is 1.28 bits per heavy atom. The first kappa shape index (κ1) is 20.1. The third-order valence-electron chi connectivity index (χ3n) is 3.69. The molecular weight excluding hydrogens is 324 g/mol. The zero-order valence-electron chi connectivity index (χ0n) is 14.4. The SMILES string of the molecule is CC(=O)N1CCC[C@H]1C(=O)NCc1ccc(C(=N)N)cc1.CC(=O)O. The maximum Gasteiger partial charge on any atom is 0.300 e. The fraction of sp³-hybridized carbons (Fsp3) is 0.412. The Bertz CT molecular complexity index is 639.